The van der Waals surface area contributed by atoms with Crippen molar-refractivity contribution < 1.29 is 0 Å². The summed E-state index contributed by atoms with van der Waals surface area (Å²) in [6, 6.07) is 3.80. The van der Waals surface area contributed by atoms with E-state index >= 15 is 0 Å². The van der Waals surface area contributed by atoms with Crippen LogP contribution in [-0.4, -0.2) is 43.8 Å². The fraction of sp³-hybridized carbons (Fsp3) is 0.353. The maximum absolute atomic E-state index is 9.37. The molecule has 9 nitrogen and oxygen atoms in total. The van der Waals surface area contributed by atoms with Gasteiger partial charge < -0.3 is 16.4 Å². The summed E-state index contributed by atoms with van der Waals surface area (Å²) in [6.45, 7) is 3.75. The molecule has 132 valence electrons. The molecule has 0 unspecified atom stereocenters. The van der Waals surface area contributed by atoms with E-state index in [-0.39, 0.29) is 11.4 Å². The molecule has 0 atom stereocenters. The zero-order chi connectivity index (χ0) is 18.3. The first-order valence-electron chi connectivity index (χ1n) is 8.38. The standard InChI is InChI=1S/C17H19N9/c1-17(20)3-6-26(7-4-17)12-9-22-14-13(24-25-16(14)23-12)10-2-5-21-15(19)11(10)8-18/h2,5,9H,3-4,6-7,20H2,1H3,(H2,19,21)(H,23,24,25). The predicted molar refractivity (Wildman–Crippen MR) is 98.1 cm³/mol. The molecular formula is C17H19N9. The minimum atomic E-state index is -0.123. The van der Waals surface area contributed by atoms with Crippen LogP contribution in [0, 0.1) is 11.3 Å². The lowest BCUT2D eigenvalue weighted by Gasteiger charge is -2.37. The lowest BCUT2D eigenvalue weighted by Crippen LogP contribution is -2.48. The van der Waals surface area contributed by atoms with E-state index in [4.69, 9.17) is 11.5 Å². The Morgan fingerprint density at radius 2 is 2.08 bits per heavy atom. The van der Waals surface area contributed by atoms with Gasteiger partial charge in [0.2, 0.25) is 5.65 Å². The molecule has 0 aliphatic carbocycles. The van der Waals surface area contributed by atoms with Gasteiger partial charge in [0, 0.05) is 30.4 Å². The van der Waals surface area contributed by atoms with E-state index in [1.165, 1.54) is 0 Å². The lowest BCUT2D eigenvalue weighted by atomic mass is 9.91. The second-order valence-electron chi connectivity index (χ2n) is 6.87. The van der Waals surface area contributed by atoms with Crippen molar-refractivity contribution in [3.63, 3.8) is 0 Å². The molecule has 0 spiro atoms. The fourth-order valence-corrected chi connectivity index (χ4v) is 3.18. The minimum Gasteiger partial charge on any atom is -0.383 e. The number of nitrogens with one attached hydrogen (secondary N) is 1. The Balaban J connectivity index is 1.71. The second kappa shape index (κ2) is 5.93. The van der Waals surface area contributed by atoms with E-state index in [1.54, 1.807) is 18.5 Å². The number of nitriles is 1. The summed E-state index contributed by atoms with van der Waals surface area (Å²) in [5.41, 5.74) is 14.5. The number of piperidine rings is 1. The van der Waals surface area contributed by atoms with Gasteiger partial charge >= 0.3 is 0 Å². The van der Waals surface area contributed by atoms with Crippen LogP contribution in [0.15, 0.2) is 18.5 Å². The summed E-state index contributed by atoms with van der Waals surface area (Å²) in [5, 5.41) is 16.6. The van der Waals surface area contributed by atoms with Gasteiger partial charge in [0.1, 0.15) is 28.8 Å². The van der Waals surface area contributed by atoms with Crippen molar-refractivity contribution in [1.29, 1.82) is 5.26 Å². The topological polar surface area (TPSA) is 146 Å². The highest BCUT2D eigenvalue weighted by Gasteiger charge is 2.27. The van der Waals surface area contributed by atoms with Crippen LogP contribution in [-0.2, 0) is 0 Å². The van der Waals surface area contributed by atoms with Gasteiger partial charge in [0.05, 0.1) is 11.9 Å². The number of pyridine rings is 1. The summed E-state index contributed by atoms with van der Waals surface area (Å²) in [6.07, 6.45) is 5.09. The van der Waals surface area contributed by atoms with Crippen LogP contribution in [0.1, 0.15) is 25.3 Å². The molecule has 1 aliphatic heterocycles. The van der Waals surface area contributed by atoms with Crippen molar-refractivity contribution in [3.8, 4) is 17.3 Å². The van der Waals surface area contributed by atoms with E-state index in [0.29, 0.717) is 28.0 Å². The maximum atomic E-state index is 9.37. The van der Waals surface area contributed by atoms with Crippen LogP contribution >= 0.6 is 0 Å². The SMILES string of the molecule is CC1(N)CCN(c2cnc3c(-c4ccnc(N)c4C#N)[nH]nc3n2)CC1. The van der Waals surface area contributed by atoms with Crippen LogP contribution in [0.3, 0.4) is 0 Å². The van der Waals surface area contributed by atoms with E-state index < -0.39 is 0 Å². The number of hydrogen-bond donors (Lipinski definition) is 3. The van der Waals surface area contributed by atoms with Crippen molar-refractivity contribution in [2.75, 3.05) is 23.7 Å². The number of nitrogen functional groups attached to an aromatic ring is 1. The van der Waals surface area contributed by atoms with Crippen LogP contribution in [0.25, 0.3) is 22.4 Å². The van der Waals surface area contributed by atoms with Crippen molar-refractivity contribution >= 4 is 22.8 Å². The number of H-pyrrole nitrogens is 1. The molecule has 1 aliphatic rings. The predicted octanol–water partition coefficient (Wildman–Crippen LogP) is 1.19. The molecule has 4 rings (SSSR count). The number of aromatic nitrogens is 5. The highest BCUT2D eigenvalue weighted by Crippen LogP contribution is 2.30. The van der Waals surface area contributed by atoms with Crippen LogP contribution in [0.5, 0.6) is 0 Å². The van der Waals surface area contributed by atoms with E-state index in [1.807, 2.05) is 0 Å². The third kappa shape index (κ3) is 2.70. The highest BCUT2D eigenvalue weighted by atomic mass is 15.2. The zero-order valence-corrected chi connectivity index (χ0v) is 14.4. The second-order valence-corrected chi connectivity index (χ2v) is 6.87. The summed E-state index contributed by atoms with van der Waals surface area (Å²) < 4.78 is 0. The number of anilines is 2. The Hall–Kier alpha value is -3.25. The van der Waals surface area contributed by atoms with E-state index in [0.717, 1.165) is 31.7 Å². The quantitative estimate of drug-likeness (QED) is 0.625. The molecular weight excluding hydrogens is 330 g/mol. The molecule has 5 N–H and O–H groups in total. The Kier molecular flexibility index (Phi) is 3.70. The summed E-state index contributed by atoms with van der Waals surface area (Å²) in [4.78, 5) is 15.3. The van der Waals surface area contributed by atoms with Gasteiger partial charge in [0.15, 0.2) is 0 Å². The number of rotatable bonds is 2. The van der Waals surface area contributed by atoms with Crippen LogP contribution in [0.4, 0.5) is 11.6 Å². The van der Waals surface area contributed by atoms with Crippen LogP contribution < -0.4 is 16.4 Å². The average Bonchev–Trinajstić information content (AvgIpc) is 3.04. The Morgan fingerprint density at radius 3 is 2.81 bits per heavy atom. The molecule has 0 radical (unpaired) electrons. The number of aromatic amines is 1. The van der Waals surface area contributed by atoms with Gasteiger partial charge in [-0.2, -0.15) is 10.4 Å². The van der Waals surface area contributed by atoms with Crippen molar-refractivity contribution in [2.24, 2.45) is 5.73 Å². The van der Waals surface area contributed by atoms with Gasteiger partial charge in [-0.3, -0.25) is 5.10 Å². The first-order chi connectivity index (χ1) is 12.5. The number of nitrogens with zero attached hydrogens (tertiary/aromatic N) is 6. The molecule has 4 heterocycles. The first kappa shape index (κ1) is 16.2. The smallest absolute Gasteiger partial charge is 0.202 e. The maximum Gasteiger partial charge on any atom is 0.202 e. The fourth-order valence-electron chi connectivity index (χ4n) is 3.18. The number of hydrogen-bond acceptors (Lipinski definition) is 8. The molecule has 26 heavy (non-hydrogen) atoms. The van der Waals surface area contributed by atoms with E-state index in [9.17, 15) is 5.26 Å². The number of fused-ring (bicyclic) bond motifs is 1. The molecule has 3 aromatic heterocycles. The van der Waals surface area contributed by atoms with Gasteiger partial charge in [-0.25, -0.2) is 15.0 Å². The molecule has 3 aromatic rings. The monoisotopic (exact) mass is 349 g/mol. The molecule has 0 amide bonds. The van der Waals surface area contributed by atoms with Crippen molar-refractivity contribution in [3.05, 3.63) is 24.0 Å². The van der Waals surface area contributed by atoms with Crippen LogP contribution in [0.2, 0.25) is 0 Å². The lowest BCUT2D eigenvalue weighted by molar-refractivity contribution is 0.363. The number of nitrogens with two attached hydrogens (primary N) is 2. The van der Waals surface area contributed by atoms with Gasteiger partial charge in [-0.05, 0) is 25.8 Å². The Bertz CT molecular complexity index is 1000. The Labute approximate surface area is 150 Å². The summed E-state index contributed by atoms with van der Waals surface area (Å²) in [7, 11) is 0. The third-order valence-corrected chi connectivity index (χ3v) is 4.84. The van der Waals surface area contributed by atoms with E-state index in [2.05, 4.69) is 43.0 Å². The normalized spacial score (nSPS) is 16.6. The molecule has 1 saturated heterocycles. The zero-order valence-electron chi connectivity index (χ0n) is 14.4. The molecule has 0 bridgehead atoms. The third-order valence-electron chi connectivity index (χ3n) is 4.84. The highest BCUT2D eigenvalue weighted by molar-refractivity contribution is 5.90. The average molecular weight is 349 g/mol. The first-order valence-corrected chi connectivity index (χ1v) is 8.38. The van der Waals surface area contributed by atoms with Gasteiger partial charge in [-0.1, -0.05) is 0 Å². The molecule has 0 aromatic carbocycles. The Morgan fingerprint density at radius 1 is 1.31 bits per heavy atom. The summed E-state index contributed by atoms with van der Waals surface area (Å²) in [5.74, 6) is 0.955. The molecule has 9 heteroatoms. The van der Waals surface area contributed by atoms with Crippen molar-refractivity contribution in [2.45, 2.75) is 25.3 Å². The van der Waals surface area contributed by atoms with Crippen molar-refractivity contribution in [1.82, 2.24) is 25.1 Å². The largest absolute Gasteiger partial charge is 0.383 e. The van der Waals surface area contributed by atoms with Gasteiger partial charge in [0.25, 0.3) is 0 Å². The minimum absolute atomic E-state index is 0.123. The van der Waals surface area contributed by atoms with Gasteiger partial charge in [-0.15, -0.1) is 0 Å². The summed E-state index contributed by atoms with van der Waals surface area (Å²) >= 11 is 0. The molecule has 1 fully saturated rings. The molecule has 0 saturated carbocycles.